The first kappa shape index (κ1) is 20.8. The molecule has 5 heteroatoms. The van der Waals surface area contributed by atoms with E-state index in [-0.39, 0.29) is 5.92 Å². The maximum atomic E-state index is 11.6. The van der Waals surface area contributed by atoms with Crippen LogP contribution in [0, 0.1) is 5.92 Å². The Morgan fingerprint density at radius 3 is 2.46 bits per heavy atom. The van der Waals surface area contributed by atoms with Crippen molar-refractivity contribution in [3.8, 4) is 0 Å². The highest BCUT2D eigenvalue weighted by atomic mass is 16.5. The number of hydrogen-bond donors (Lipinski definition) is 2. The number of methoxy groups -OCH3 is 1. The van der Waals surface area contributed by atoms with Crippen molar-refractivity contribution in [2.24, 2.45) is 5.92 Å². The number of carbonyl (C=O) groups is 1. The van der Waals surface area contributed by atoms with Gasteiger partial charge in [-0.3, -0.25) is 4.79 Å². The van der Waals surface area contributed by atoms with E-state index in [9.17, 15) is 4.79 Å². The quantitative estimate of drug-likeness (QED) is 0.535. The van der Waals surface area contributed by atoms with Crippen molar-refractivity contribution in [1.82, 2.24) is 15.5 Å². The van der Waals surface area contributed by atoms with Crippen LogP contribution in [0.1, 0.15) is 31.2 Å². The van der Waals surface area contributed by atoms with Gasteiger partial charge in [0, 0.05) is 38.7 Å². The van der Waals surface area contributed by atoms with E-state index in [2.05, 4.69) is 34.9 Å². The number of ether oxygens (including phenoxy) is 1. The highest BCUT2D eigenvalue weighted by Gasteiger charge is 2.41. The van der Waals surface area contributed by atoms with Crippen molar-refractivity contribution in [1.29, 1.82) is 0 Å². The molecule has 2 aliphatic carbocycles. The van der Waals surface area contributed by atoms with Crippen molar-refractivity contribution in [3.63, 3.8) is 0 Å². The van der Waals surface area contributed by atoms with E-state index in [1.807, 2.05) is 31.3 Å². The van der Waals surface area contributed by atoms with Crippen LogP contribution in [0.25, 0.3) is 5.57 Å². The van der Waals surface area contributed by atoms with E-state index in [1.54, 1.807) is 19.1 Å². The summed E-state index contributed by atoms with van der Waals surface area (Å²) in [5, 5.41) is 7.13. The lowest BCUT2D eigenvalue weighted by molar-refractivity contribution is -0.147. The molecule has 0 bridgehead atoms. The van der Waals surface area contributed by atoms with Crippen molar-refractivity contribution in [2.75, 3.05) is 27.7 Å². The fraction of sp³-hybridized carbons (Fsp3) is 0.522. The number of benzene rings is 1. The van der Waals surface area contributed by atoms with Crippen LogP contribution >= 0.6 is 0 Å². The van der Waals surface area contributed by atoms with Gasteiger partial charge in [0.05, 0.1) is 0 Å². The molecule has 1 fully saturated rings. The molecule has 5 nitrogen and oxygen atoms in total. The number of carbonyl (C=O) groups excluding carboxylic acids is 1. The first-order valence-corrected chi connectivity index (χ1v) is 10.2. The lowest BCUT2D eigenvalue weighted by atomic mass is 9.84. The molecule has 0 aromatic heterocycles. The summed E-state index contributed by atoms with van der Waals surface area (Å²) in [4.78, 5) is 13.2. The van der Waals surface area contributed by atoms with Crippen LogP contribution in [-0.4, -0.2) is 56.9 Å². The van der Waals surface area contributed by atoms with Gasteiger partial charge < -0.3 is 20.3 Å². The van der Waals surface area contributed by atoms with Crippen LogP contribution in [0.3, 0.4) is 0 Å². The first-order valence-electron chi connectivity index (χ1n) is 10.2. The maximum absolute atomic E-state index is 11.6. The topological polar surface area (TPSA) is 53.6 Å². The molecule has 2 atom stereocenters. The smallest absolute Gasteiger partial charge is 0.211 e. The summed E-state index contributed by atoms with van der Waals surface area (Å²) in [5.41, 5.74) is 1.57. The molecule has 2 aliphatic rings. The van der Waals surface area contributed by atoms with Gasteiger partial charge in [-0.25, -0.2) is 0 Å². The fourth-order valence-electron chi connectivity index (χ4n) is 4.46. The third-order valence-electron chi connectivity index (χ3n) is 6.32. The number of rotatable bonds is 8. The van der Waals surface area contributed by atoms with Gasteiger partial charge in [-0.2, -0.15) is 0 Å². The zero-order valence-corrected chi connectivity index (χ0v) is 17.2. The molecule has 2 unspecified atom stereocenters. The Morgan fingerprint density at radius 1 is 1.18 bits per heavy atom. The van der Waals surface area contributed by atoms with Crippen molar-refractivity contribution >= 4 is 12.0 Å². The van der Waals surface area contributed by atoms with E-state index in [0.717, 1.165) is 13.0 Å². The molecule has 1 aromatic carbocycles. The molecule has 0 saturated heterocycles. The Balaban J connectivity index is 1.78. The van der Waals surface area contributed by atoms with Gasteiger partial charge >= 0.3 is 0 Å². The molecule has 3 rings (SSSR count). The average Bonchev–Trinajstić information content (AvgIpc) is 2.77. The predicted molar refractivity (Wildman–Crippen MR) is 114 cm³/mol. The van der Waals surface area contributed by atoms with E-state index in [0.29, 0.717) is 12.1 Å². The molecule has 0 heterocycles. The zero-order valence-electron chi connectivity index (χ0n) is 17.2. The number of nitrogens with zero attached hydrogens (tertiary/aromatic N) is 1. The Morgan fingerprint density at radius 2 is 1.86 bits per heavy atom. The zero-order chi connectivity index (χ0) is 20.0. The summed E-state index contributed by atoms with van der Waals surface area (Å²) >= 11 is 0. The summed E-state index contributed by atoms with van der Waals surface area (Å²) in [6, 6.07) is 11.5. The van der Waals surface area contributed by atoms with E-state index in [1.165, 1.54) is 36.8 Å². The van der Waals surface area contributed by atoms with Crippen molar-refractivity contribution < 1.29 is 9.53 Å². The molecule has 1 saturated carbocycles. The van der Waals surface area contributed by atoms with E-state index < -0.39 is 5.72 Å². The van der Waals surface area contributed by atoms with Gasteiger partial charge in [0.2, 0.25) is 6.41 Å². The summed E-state index contributed by atoms with van der Waals surface area (Å²) in [6.07, 6.45) is 11.9. The summed E-state index contributed by atoms with van der Waals surface area (Å²) < 4.78 is 5.92. The second-order valence-corrected chi connectivity index (χ2v) is 7.85. The molecule has 0 aliphatic heterocycles. The minimum Gasteiger partial charge on any atom is -0.354 e. The van der Waals surface area contributed by atoms with E-state index >= 15 is 0 Å². The Kier molecular flexibility index (Phi) is 7.05. The third kappa shape index (κ3) is 4.37. The second-order valence-electron chi connectivity index (χ2n) is 7.85. The molecular weight excluding hydrogens is 350 g/mol. The first-order chi connectivity index (χ1) is 13.6. The van der Waals surface area contributed by atoms with Crippen LogP contribution in [0.15, 0.2) is 48.6 Å². The van der Waals surface area contributed by atoms with Crippen LogP contribution in [0.5, 0.6) is 0 Å². The SMILES string of the molecule is CNC1CCC(NCC2C=C(c3ccccc3)C=CC2(OC)N(C)C=O)CC1. The maximum Gasteiger partial charge on any atom is 0.211 e. The Hall–Kier alpha value is -1.95. The number of amides is 1. The largest absolute Gasteiger partial charge is 0.354 e. The van der Waals surface area contributed by atoms with Crippen LogP contribution in [0.4, 0.5) is 0 Å². The monoisotopic (exact) mass is 383 g/mol. The summed E-state index contributed by atoms with van der Waals surface area (Å²) in [6.45, 7) is 0.765. The fourth-order valence-corrected chi connectivity index (χ4v) is 4.46. The van der Waals surface area contributed by atoms with Gasteiger partial charge in [0.1, 0.15) is 0 Å². The molecule has 152 valence electrons. The van der Waals surface area contributed by atoms with E-state index in [4.69, 9.17) is 4.74 Å². The Labute approximate surface area is 168 Å². The van der Waals surface area contributed by atoms with Gasteiger partial charge in [-0.1, -0.05) is 42.5 Å². The Bertz CT molecular complexity index is 695. The van der Waals surface area contributed by atoms with Gasteiger partial charge in [0.25, 0.3) is 0 Å². The number of nitrogens with one attached hydrogen (secondary N) is 2. The molecule has 0 spiro atoms. The van der Waals surface area contributed by atoms with Gasteiger partial charge in [-0.15, -0.1) is 0 Å². The van der Waals surface area contributed by atoms with Gasteiger partial charge in [0.15, 0.2) is 5.72 Å². The molecule has 28 heavy (non-hydrogen) atoms. The standard InChI is InChI=1S/C23H33N3O2/c1-24-21-9-11-22(12-10-21)25-16-20-15-19(18-7-5-4-6-8-18)13-14-23(20,28-3)26(2)17-27/h4-8,13-15,17,20-22,24-25H,9-12,16H2,1-3H3. The lowest BCUT2D eigenvalue weighted by Crippen LogP contribution is -2.55. The average molecular weight is 384 g/mol. The molecule has 2 N–H and O–H groups in total. The minimum atomic E-state index is -0.769. The van der Waals surface area contributed by atoms with Crippen molar-refractivity contribution in [3.05, 3.63) is 54.1 Å². The minimum absolute atomic E-state index is 0.0231. The number of allylic oxidation sites excluding steroid dienone is 2. The summed E-state index contributed by atoms with van der Waals surface area (Å²) in [5.74, 6) is 0.0231. The number of likely N-dealkylation sites (N-methyl/N-ethyl adjacent to an activating group) is 1. The molecule has 1 amide bonds. The molecule has 0 radical (unpaired) electrons. The highest BCUT2D eigenvalue weighted by molar-refractivity contribution is 5.76. The van der Waals surface area contributed by atoms with Crippen molar-refractivity contribution in [2.45, 2.75) is 43.5 Å². The number of hydrogen-bond acceptors (Lipinski definition) is 4. The second kappa shape index (κ2) is 9.50. The van der Waals surface area contributed by atoms with Crippen LogP contribution in [-0.2, 0) is 9.53 Å². The highest BCUT2D eigenvalue weighted by Crippen LogP contribution is 2.35. The molecule has 1 aromatic rings. The normalized spacial score (nSPS) is 30.0. The summed E-state index contributed by atoms with van der Waals surface area (Å²) in [7, 11) is 5.51. The van der Waals surface area contributed by atoms with Crippen LogP contribution < -0.4 is 10.6 Å². The van der Waals surface area contributed by atoms with Crippen LogP contribution in [0.2, 0.25) is 0 Å². The predicted octanol–water partition coefficient (Wildman–Crippen LogP) is 2.81. The third-order valence-corrected chi connectivity index (χ3v) is 6.32. The molecular formula is C23H33N3O2. The van der Waals surface area contributed by atoms with Gasteiger partial charge in [-0.05, 0) is 49.9 Å². The lowest BCUT2D eigenvalue weighted by Gasteiger charge is -2.44.